The van der Waals surface area contributed by atoms with Crippen LogP contribution in [0.15, 0.2) is 54.1 Å². The number of allylic oxidation sites excluding steroid dienone is 5. The molecule has 0 bridgehead atoms. The molecule has 190 valence electrons. The Labute approximate surface area is 210 Å². The topological polar surface area (TPSA) is 77.0 Å². The van der Waals surface area contributed by atoms with Gasteiger partial charge in [-0.3, -0.25) is 4.79 Å². The molecule has 2 atom stereocenters. The first-order valence-corrected chi connectivity index (χ1v) is 12.6. The zero-order valence-electron chi connectivity index (χ0n) is 21.6. The van der Waals surface area contributed by atoms with E-state index in [1.54, 1.807) is 20.1 Å². The van der Waals surface area contributed by atoms with Crippen LogP contribution in [-0.2, 0) is 9.53 Å². The molecule has 1 aromatic carbocycles. The molecule has 2 amide bonds. The summed E-state index contributed by atoms with van der Waals surface area (Å²) in [6, 6.07) is 4.73. The highest BCUT2D eigenvalue weighted by Gasteiger charge is 2.39. The van der Waals surface area contributed by atoms with Crippen LogP contribution in [0.3, 0.4) is 0 Å². The van der Waals surface area contributed by atoms with Crippen molar-refractivity contribution in [3.05, 3.63) is 60.2 Å². The third-order valence-corrected chi connectivity index (χ3v) is 6.32. The normalized spacial score (nSPS) is 18.2. The Morgan fingerprint density at radius 2 is 1.83 bits per heavy atom. The Bertz CT molecular complexity index is 961. The second-order valence-electron chi connectivity index (χ2n) is 8.79. The molecular weight excluding hydrogens is 440 g/mol. The number of urea groups is 1. The molecule has 0 aliphatic carbocycles. The first-order chi connectivity index (χ1) is 17.0. The summed E-state index contributed by atoms with van der Waals surface area (Å²) in [5, 5.41) is 2.84. The van der Waals surface area contributed by atoms with Crippen LogP contribution in [0.4, 0.5) is 4.79 Å². The van der Waals surface area contributed by atoms with Crippen molar-refractivity contribution >= 4 is 23.3 Å². The number of nitrogens with zero attached hydrogens (tertiary/aromatic N) is 1. The molecule has 1 aromatic rings. The summed E-state index contributed by atoms with van der Waals surface area (Å²) in [7, 11) is 2.96. The third-order valence-electron chi connectivity index (χ3n) is 6.32. The van der Waals surface area contributed by atoms with Crippen LogP contribution < -0.4 is 10.1 Å². The Hall–Kier alpha value is -3.15. The van der Waals surface area contributed by atoms with E-state index in [2.05, 4.69) is 29.9 Å². The maximum Gasteiger partial charge on any atom is 0.341 e. The van der Waals surface area contributed by atoms with Gasteiger partial charge in [-0.1, -0.05) is 94.5 Å². The number of esters is 1. The lowest BCUT2D eigenvalue weighted by Crippen LogP contribution is -2.44. The summed E-state index contributed by atoms with van der Waals surface area (Å²) < 4.78 is 10.9. The van der Waals surface area contributed by atoms with Crippen molar-refractivity contribution in [1.82, 2.24) is 5.32 Å². The zero-order valence-corrected chi connectivity index (χ0v) is 21.6. The number of amides is 2. The minimum Gasteiger partial charge on any atom is -0.496 e. The molecule has 0 saturated carbocycles. The number of carbonyl (C=O) groups excluding carboxylic acids is 2. The van der Waals surface area contributed by atoms with Crippen LogP contribution in [0.5, 0.6) is 5.75 Å². The smallest absolute Gasteiger partial charge is 0.341 e. The molecule has 6 heteroatoms. The van der Waals surface area contributed by atoms with E-state index in [0.717, 1.165) is 29.5 Å². The number of aliphatic imine (C=N–C) groups is 1. The average molecular weight is 481 g/mol. The predicted octanol–water partition coefficient (Wildman–Crippen LogP) is 6.98. The number of benzene rings is 1. The largest absolute Gasteiger partial charge is 0.496 e. The molecular formula is C29H40N2O4. The average Bonchev–Trinajstić information content (AvgIpc) is 2.85. The van der Waals surface area contributed by atoms with E-state index in [0.29, 0.717) is 11.5 Å². The van der Waals surface area contributed by atoms with Gasteiger partial charge in [-0.2, -0.15) is 0 Å². The molecule has 1 aliphatic heterocycles. The molecule has 1 heterocycles. The van der Waals surface area contributed by atoms with E-state index >= 15 is 0 Å². The van der Waals surface area contributed by atoms with Gasteiger partial charge in [0.1, 0.15) is 11.7 Å². The van der Waals surface area contributed by atoms with E-state index < -0.39 is 24.0 Å². The Kier molecular flexibility index (Phi) is 12.0. The number of nitrogens with one attached hydrogen (secondary N) is 1. The standard InChI is InChI=1S/C29H40N2O4/c1-6-8-10-11-12-13-15-18-22(17-14-9-7-2)23-19-16-20-24(27(23)34-4)26-25(28(32)35-5)21(3)30-29(33)31-26/h7,9,14,16-17,19-20,25-26H,2,6,8,10-13,15,18H2,1,3-5H3,(H,31,33). The number of para-hydroxylation sites is 1. The van der Waals surface area contributed by atoms with Crippen molar-refractivity contribution in [2.75, 3.05) is 14.2 Å². The van der Waals surface area contributed by atoms with Crippen molar-refractivity contribution in [3.8, 4) is 5.75 Å². The third kappa shape index (κ3) is 7.94. The van der Waals surface area contributed by atoms with Crippen molar-refractivity contribution < 1.29 is 19.1 Å². The summed E-state index contributed by atoms with van der Waals surface area (Å²) in [4.78, 5) is 28.8. The molecule has 0 radical (unpaired) electrons. The van der Waals surface area contributed by atoms with Gasteiger partial charge in [0.2, 0.25) is 0 Å². The summed E-state index contributed by atoms with van der Waals surface area (Å²) in [6.45, 7) is 7.67. The number of hydrogen-bond acceptors (Lipinski definition) is 4. The molecule has 0 spiro atoms. The molecule has 35 heavy (non-hydrogen) atoms. The number of carbonyl (C=O) groups is 2. The summed E-state index contributed by atoms with van der Waals surface area (Å²) >= 11 is 0. The minimum atomic E-state index is -0.724. The van der Waals surface area contributed by atoms with Crippen LogP contribution in [0.1, 0.15) is 82.4 Å². The van der Waals surface area contributed by atoms with Crippen molar-refractivity contribution in [3.63, 3.8) is 0 Å². The molecule has 1 N–H and O–H groups in total. The van der Waals surface area contributed by atoms with E-state index in [-0.39, 0.29) is 0 Å². The van der Waals surface area contributed by atoms with Gasteiger partial charge in [0.05, 0.1) is 20.3 Å². The van der Waals surface area contributed by atoms with Crippen molar-refractivity contribution in [2.45, 2.75) is 71.3 Å². The summed E-state index contributed by atoms with van der Waals surface area (Å²) in [5.74, 6) is -0.530. The predicted molar refractivity (Wildman–Crippen MR) is 143 cm³/mol. The zero-order chi connectivity index (χ0) is 25.6. The van der Waals surface area contributed by atoms with Crippen LogP contribution in [0, 0.1) is 5.92 Å². The van der Waals surface area contributed by atoms with Gasteiger partial charge < -0.3 is 14.8 Å². The fourth-order valence-electron chi connectivity index (χ4n) is 4.52. The molecule has 0 saturated heterocycles. The number of unbranched alkanes of at least 4 members (excludes halogenated alkanes) is 6. The first kappa shape index (κ1) is 28.1. The van der Waals surface area contributed by atoms with Gasteiger partial charge in [-0.25, -0.2) is 9.79 Å². The van der Waals surface area contributed by atoms with Gasteiger partial charge in [0.15, 0.2) is 0 Å². The van der Waals surface area contributed by atoms with Crippen LogP contribution in [-0.4, -0.2) is 31.9 Å². The lowest BCUT2D eigenvalue weighted by Gasteiger charge is -2.31. The van der Waals surface area contributed by atoms with Crippen molar-refractivity contribution in [1.29, 1.82) is 0 Å². The second-order valence-corrected chi connectivity index (χ2v) is 8.79. The monoisotopic (exact) mass is 480 g/mol. The van der Waals surface area contributed by atoms with Gasteiger partial charge in [-0.05, 0) is 25.3 Å². The molecule has 0 fully saturated rings. The Balaban J connectivity index is 2.38. The number of methoxy groups -OCH3 is 2. The lowest BCUT2D eigenvalue weighted by molar-refractivity contribution is -0.143. The SMILES string of the molecule is C=CC=CC=C(CCCCCCCCC)c1cccc(C2NC(=O)N=C(C)C2C(=O)OC)c1OC. The van der Waals surface area contributed by atoms with Gasteiger partial charge in [0.25, 0.3) is 0 Å². The summed E-state index contributed by atoms with van der Waals surface area (Å²) in [6.07, 6.45) is 17.2. The van der Waals surface area contributed by atoms with Crippen LogP contribution in [0.2, 0.25) is 0 Å². The molecule has 2 unspecified atom stereocenters. The molecule has 0 aromatic heterocycles. The molecule has 6 nitrogen and oxygen atoms in total. The van der Waals surface area contributed by atoms with Crippen molar-refractivity contribution in [2.24, 2.45) is 10.9 Å². The van der Waals surface area contributed by atoms with E-state index in [9.17, 15) is 9.59 Å². The van der Waals surface area contributed by atoms with Gasteiger partial charge in [0, 0.05) is 16.8 Å². The Morgan fingerprint density at radius 1 is 1.11 bits per heavy atom. The number of rotatable bonds is 14. The van der Waals surface area contributed by atoms with Gasteiger partial charge >= 0.3 is 12.0 Å². The Morgan fingerprint density at radius 3 is 2.49 bits per heavy atom. The fourth-order valence-corrected chi connectivity index (χ4v) is 4.52. The maximum atomic E-state index is 12.6. The highest BCUT2D eigenvalue weighted by Crippen LogP contribution is 2.39. The van der Waals surface area contributed by atoms with Crippen LogP contribution in [0.25, 0.3) is 5.57 Å². The van der Waals surface area contributed by atoms with E-state index in [1.165, 1.54) is 45.6 Å². The highest BCUT2D eigenvalue weighted by molar-refractivity contribution is 6.08. The fraction of sp³-hybridized carbons (Fsp3) is 0.483. The highest BCUT2D eigenvalue weighted by atomic mass is 16.5. The minimum absolute atomic E-state index is 0.422. The molecule has 2 rings (SSSR count). The lowest BCUT2D eigenvalue weighted by atomic mass is 9.85. The second kappa shape index (κ2) is 15.0. The molecule has 1 aliphatic rings. The van der Waals surface area contributed by atoms with Gasteiger partial charge in [-0.15, -0.1) is 0 Å². The van der Waals surface area contributed by atoms with Crippen LogP contribution >= 0.6 is 0 Å². The van der Waals surface area contributed by atoms with E-state index in [1.807, 2.05) is 30.4 Å². The quantitative estimate of drug-likeness (QED) is 0.177. The number of hydrogen-bond donors (Lipinski definition) is 1. The first-order valence-electron chi connectivity index (χ1n) is 12.6. The number of ether oxygens (including phenoxy) is 2. The summed E-state index contributed by atoms with van der Waals surface area (Å²) in [5.41, 5.74) is 3.23. The maximum absolute atomic E-state index is 12.6. The van der Waals surface area contributed by atoms with E-state index in [4.69, 9.17) is 9.47 Å².